The van der Waals surface area contributed by atoms with Crippen molar-refractivity contribution in [2.24, 2.45) is 0 Å². The van der Waals surface area contributed by atoms with Gasteiger partial charge in [-0.25, -0.2) is 9.48 Å². The van der Waals surface area contributed by atoms with Crippen molar-refractivity contribution in [3.8, 4) is 5.69 Å². The molecule has 0 aliphatic heterocycles. The fourth-order valence-electron chi connectivity index (χ4n) is 1.80. The summed E-state index contributed by atoms with van der Waals surface area (Å²) in [7, 11) is 0. The van der Waals surface area contributed by atoms with Gasteiger partial charge in [0.05, 0.1) is 16.9 Å². The first kappa shape index (κ1) is 14.8. The lowest BCUT2D eigenvalue weighted by Crippen LogP contribution is -2.09. The van der Waals surface area contributed by atoms with Crippen molar-refractivity contribution in [3.63, 3.8) is 0 Å². The Balaban J connectivity index is 2.52. The summed E-state index contributed by atoms with van der Waals surface area (Å²) in [5.74, 6) is -1.31. The predicted octanol–water partition coefficient (Wildman–Crippen LogP) is 3.30. The van der Waals surface area contributed by atoms with Crippen molar-refractivity contribution in [1.82, 2.24) is 9.78 Å². The molecule has 0 fully saturated rings. The molecule has 2 aromatic rings. The average molecular weight is 296 g/mol. The lowest BCUT2D eigenvalue weighted by molar-refractivity contribution is -0.138. The average Bonchev–Trinajstić information content (AvgIpc) is 2.81. The van der Waals surface area contributed by atoms with Crippen LogP contribution in [0.3, 0.4) is 0 Å². The normalized spacial score (nSPS) is 12.0. The van der Waals surface area contributed by atoms with Gasteiger partial charge in [-0.2, -0.15) is 18.3 Å². The summed E-state index contributed by atoms with van der Waals surface area (Å²) in [6.07, 6.45) is -1.44. The summed E-state index contributed by atoms with van der Waals surface area (Å²) in [5, 5.41) is 12.6. The van der Waals surface area contributed by atoms with Crippen LogP contribution in [0, 0.1) is 6.92 Å². The van der Waals surface area contributed by atoms with Gasteiger partial charge in [0.15, 0.2) is 0 Å². The first-order valence-corrected chi connectivity index (χ1v) is 5.92. The van der Waals surface area contributed by atoms with E-state index in [4.69, 9.17) is 5.11 Å². The van der Waals surface area contributed by atoms with Crippen LogP contribution in [0.2, 0.25) is 0 Å². The maximum absolute atomic E-state index is 13.1. The lowest BCUT2D eigenvalue weighted by Gasteiger charge is -2.12. The van der Waals surface area contributed by atoms with E-state index in [9.17, 15) is 18.0 Å². The Morgan fingerprint density at radius 2 is 2.05 bits per heavy atom. The standard InChI is InChI=1S/C14H11F3N2O2/c1-9-6-7-19(18-9)11-4-2-10(3-5-13(20)21)12(8-11)14(15,16)17/h2-8H,1H3,(H,20,21)/b5-3+. The number of rotatable bonds is 3. The highest BCUT2D eigenvalue weighted by Crippen LogP contribution is 2.34. The van der Waals surface area contributed by atoms with Gasteiger partial charge < -0.3 is 5.11 Å². The van der Waals surface area contributed by atoms with Crippen molar-refractivity contribution in [2.75, 3.05) is 0 Å². The van der Waals surface area contributed by atoms with Gasteiger partial charge in [0.25, 0.3) is 0 Å². The molecule has 0 atom stereocenters. The molecule has 7 heteroatoms. The second-order valence-electron chi connectivity index (χ2n) is 4.34. The minimum Gasteiger partial charge on any atom is -0.478 e. The van der Waals surface area contributed by atoms with E-state index in [0.29, 0.717) is 11.8 Å². The van der Waals surface area contributed by atoms with Crippen LogP contribution in [0.1, 0.15) is 16.8 Å². The minimum absolute atomic E-state index is 0.211. The third-order valence-corrected chi connectivity index (χ3v) is 2.73. The molecule has 21 heavy (non-hydrogen) atoms. The van der Waals surface area contributed by atoms with E-state index < -0.39 is 17.7 Å². The Morgan fingerprint density at radius 3 is 2.57 bits per heavy atom. The van der Waals surface area contributed by atoms with E-state index in [1.54, 1.807) is 19.2 Å². The zero-order valence-electron chi connectivity index (χ0n) is 10.9. The molecule has 0 spiro atoms. The van der Waals surface area contributed by atoms with Crippen molar-refractivity contribution in [3.05, 3.63) is 53.4 Å². The first-order valence-electron chi connectivity index (χ1n) is 5.92. The molecule has 0 radical (unpaired) electrons. The van der Waals surface area contributed by atoms with Crippen molar-refractivity contribution < 1.29 is 23.1 Å². The smallest absolute Gasteiger partial charge is 0.417 e. The van der Waals surface area contributed by atoms with Gasteiger partial charge in [-0.15, -0.1) is 0 Å². The van der Waals surface area contributed by atoms with Crippen LogP contribution in [0.15, 0.2) is 36.5 Å². The Labute approximate surface area is 118 Å². The van der Waals surface area contributed by atoms with Crippen LogP contribution in [0.5, 0.6) is 0 Å². The molecule has 0 bridgehead atoms. The molecule has 0 aliphatic rings. The molecule has 0 aliphatic carbocycles. The number of hydrogen-bond acceptors (Lipinski definition) is 2. The highest BCUT2D eigenvalue weighted by atomic mass is 19.4. The van der Waals surface area contributed by atoms with Crippen molar-refractivity contribution >= 4 is 12.0 Å². The van der Waals surface area contributed by atoms with E-state index in [2.05, 4.69) is 5.10 Å². The third kappa shape index (κ3) is 3.50. The topological polar surface area (TPSA) is 55.1 Å². The summed E-state index contributed by atoms with van der Waals surface area (Å²) in [4.78, 5) is 10.4. The quantitative estimate of drug-likeness (QED) is 0.884. The largest absolute Gasteiger partial charge is 0.478 e. The van der Waals surface area contributed by atoms with E-state index in [1.807, 2.05) is 0 Å². The van der Waals surface area contributed by atoms with Gasteiger partial charge in [-0.1, -0.05) is 6.07 Å². The van der Waals surface area contributed by atoms with Gasteiger partial charge in [-0.05, 0) is 36.8 Å². The molecule has 0 unspecified atom stereocenters. The number of aryl methyl sites for hydroxylation is 1. The second-order valence-corrected chi connectivity index (χ2v) is 4.34. The van der Waals surface area contributed by atoms with Gasteiger partial charge in [0.2, 0.25) is 0 Å². The van der Waals surface area contributed by atoms with Crippen LogP contribution in [0.25, 0.3) is 11.8 Å². The molecule has 4 nitrogen and oxygen atoms in total. The minimum atomic E-state index is -4.59. The fourth-order valence-corrected chi connectivity index (χ4v) is 1.80. The van der Waals surface area contributed by atoms with Gasteiger partial charge in [0, 0.05) is 12.3 Å². The summed E-state index contributed by atoms with van der Waals surface area (Å²) in [6.45, 7) is 1.73. The number of carboxylic acid groups (broad SMARTS) is 1. The molecule has 0 saturated carbocycles. The predicted molar refractivity (Wildman–Crippen MR) is 70.0 cm³/mol. The Hall–Kier alpha value is -2.57. The molecule has 1 aromatic carbocycles. The maximum atomic E-state index is 13.1. The molecular weight excluding hydrogens is 285 g/mol. The molecule has 1 heterocycles. The highest BCUT2D eigenvalue weighted by Gasteiger charge is 2.33. The van der Waals surface area contributed by atoms with E-state index in [-0.39, 0.29) is 11.3 Å². The molecule has 0 saturated heterocycles. The van der Waals surface area contributed by atoms with Crippen LogP contribution in [0.4, 0.5) is 13.2 Å². The molecule has 1 N–H and O–H groups in total. The number of halogens is 3. The second kappa shape index (κ2) is 5.43. The number of aliphatic carboxylic acids is 1. The molecule has 110 valence electrons. The number of hydrogen-bond donors (Lipinski definition) is 1. The van der Waals surface area contributed by atoms with Crippen LogP contribution < -0.4 is 0 Å². The lowest BCUT2D eigenvalue weighted by atomic mass is 10.1. The SMILES string of the molecule is Cc1ccn(-c2ccc(/C=C/C(=O)O)c(C(F)(F)F)c2)n1. The number of benzene rings is 1. The Morgan fingerprint density at radius 1 is 1.33 bits per heavy atom. The third-order valence-electron chi connectivity index (χ3n) is 2.73. The monoisotopic (exact) mass is 296 g/mol. The summed E-state index contributed by atoms with van der Waals surface area (Å²) < 4.78 is 40.5. The molecule has 2 rings (SSSR count). The number of nitrogens with zero attached hydrogens (tertiary/aromatic N) is 2. The van der Waals surface area contributed by atoms with Crippen LogP contribution in [-0.2, 0) is 11.0 Å². The van der Waals surface area contributed by atoms with Gasteiger partial charge in [0.1, 0.15) is 0 Å². The van der Waals surface area contributed by atoms with Gasteiger partial charge in [-0.3, -0.25) is 0 Å². The maximum Gasteiger partial charge on any atom is 0.417 e. The van der Waals surface area contributed by atoms with Crippen molar-refractivity contribution in [2.45, 2.75) is 13.1 Å². The number of alkyl halides is 3. The number of carbonyl (C=O) groups is 1. The fraction of sp³-hybridized carbons (Fsp3) is 0.143. The molecular formula is C14H11F3N2O2. The summed E-state index contributed by atoms with van der Waals surface area (Å²) in [6, 6.07) is 5.28. The summed E-state index contributed by atoms with van der Waals surface area (Å²) in [5.41, 5.74) is -0.190. The Bertz CT molecular complexity index is 702. The van der Waals surface area contributed by atoms with E-state index >= 15 is 0 Å². The van der Waals surface area contributed by atoms with Crippen LogP contribution >= 0.6 is 0 Å². The zero-order chi connectivity index (χ0) is 15.6. The number of carboxylic acids is 1. The molecule has 1 aromatic heterocycles. The molecule has 0 amide bonds. The summed E-state index contributed by atoms with van der Waals surface area (Å²) >= 11 is 0. The van der Waals surface area contributed by atoms with Crippen molar-refractivity contribution in [1.29, 1.82) is 0 Å². The zero-order valence-corrected chi connectivity index (χ0v) is 10.9. The Kier molecular flexibility index (Phi) is 3.84. The van der Waals surface area contributed by atoms with Crippen LogP contribution in [-0.4, -0.2) is 20.9 Å². The highest BCUT2D eigenvalue weighted by molar-refractivity contribution is 5.85. The van der Waals surface area contributed by atoms with E-state index in [0.717, 1.165) is 12.1 Å². The van der Waals surface area contributed by atoms with E-state index in [1.165, 1.54) is 16.8 Å². The first-order chi connectivity index (χ1) is 9.77. The number of aromatic nitrogens is 2. The van der Waals surface area contributed by atoms with Gasteiger partial charge >= 0.3 is 12.1 Å².